The van der Waals surface area contributed by atoms with Gasteiger partial charge in [-0.3, -0.25) is 0 Å². The van der Waals surface area contributed by atoms with Gasteiger partial charge in [-0.2, -0.15) is 5.10 Å². The third kappa shape index (κ3) is 3.45. The second-order valence-electron chi connectivity index (χ2n) is 7.73. The maximum Gasteiger partial charge on any atom is 0.134 e. The van der Waals surface area contributed by atoms with Gasteiger partial charge in [0.05, 0.1) is 27.6 Å². The van der Waals surface area contributed by atoms with Gasteiger partial charge in [0, 0.05) is 42.2 Å². The number of H-pyrrole nitrogens is 1. The lowest BCUT2D eigenvalue weighted by atomic mass is 9.97. The van der Waals surface area contributed by atoms with Gasteiger partial charge in [0.2, 0.25) is 0 Å². The van der Waals surface area contributed by atoms with E-state index in [9.17, 15) is 0 Å². The van der Waals surface area contributed by atoms with Crippen molar-refractivity contribution in [1.82, 2.24) is 20.1 Å². The highest BCUT2D eigenvalue weighted by Gasteiger charge is 2.28. The number of fused-ring (bicyclic) bond motifs is 2. The molecule has 5 rings (SSSR count). The minimum atomic E-state index is -0.325. The lowest BCUT2D eigenvalue weighted by Gasteiger charge is -2.18. The molecule has 3 heterocycles. The Morgan fingerprint density at radius 3 is 2.61 bits per heavy atom. The molecule has 4 aromatic rings. The van der Waals surface area contributed by atoms with Gasteiger partial charge >= 0.3 is 0 Å². The minimum Gasteiger partial charge on any atom is -0.360 e. The molecule has 0 unspecified atom stereocenters. The average Bonchev–Trinajstić information content (AvgIpc) is 3.39. The first-order valence-electron chi connectivity index (χ1n) is 10.5. The summed E-state index contributed by atoms with van der Waals surface area (Å²) in [6.07, 6.45) is 4.40. The molecule has 0 spiro atoms. The molecular formula is C24H25Cl2FN4. The zero-order chi connectivity index (χ0) is 20.8. The predicted octanol–water partition coefficient (Wildman–Crippen LogP) is 6.01. The van der Waals surface area contributed by atoms with Crippen LogP contribution < -0.4 is 5.32 Å². The number of nitrogens with zero attached hydrogens (tertiary/aromatic N) is 2. The fourth-order valence-electron chi connectivity index (χ4n) is 4.61. The monoisotopic (exact) mass is 458 g/mol. The zero-order valence-electron chi connectivity index (χ0n) is 17.6. The molecule has 1 aliphatic rings. The van der Waals surface area contributed by atoms with E-state index in [1.165, 1.54) is 17.2 Å². The molecule has 2 aromatic heterocycles. The van der Waals surface area contributed by atoms with Crippen LogP contribution in [0, 0.1) is 5.82 Å². The molecule has 2 N–H and O–H groups in total. The Balaban J connectivity index is 0.00000231. The van der Waals surface area contributed by atoms with Gasteiger partial charge < -0.3 is 10.3 Å². The number of rotatable bonds is 4. The molecule has 2 aromatic carbocycles. The van der Waals surface area contributed by atoms with Crippen LogP contribution in [0.4, 0.5) is 4.39 Å². The Hall–Kier alpha value is -2.34. The largest absolute Gasteiger partial charge is 0.360 e. The number of hydrogen-bond acceptors (Lipinski definition) is 2. The number of nitrogens with one attached hydrogen (secondary N) is 2. The van der Waals surface area contributed by atoms with E-state index in [-0.39, 0.29) is 18.2 Å². The smallest absolute Gasteiger partial charge is 0.134 e. The predicted molar refractivity (Wildman–Crippen MR) is 127 cm³/mol. The molecule has 0 fully saturated rings. The number of para-hydroxylation sites is 1. The summed E-state index contributed by atoms with van der Waals surface area (Å²) in [5.41, 5.74) is 7.73. The van der Waals surface area contributed by atoms with Crippen LogP contribution >= 0.6 is 24.0 Å². The number of aromatic amines is 1. The van der Waals surface area contributed by atoms with Gasteiger partial charge in [0.15, 0.2) is 0 Å². The molecule has 162 valence electrons. The highest BCUT2D eigenvalue weighted by Crippen LogP contribution is 2.40. The van der Waals surface area contributed by atoms with Crippen LogP contribution in [0.15, 0.2) is 36.5 Å². The van der Waals surface area contributed by atoms with Crippen molar-refractivity contribution in [2.24, 2.45) is 0 Å². The van der Waals surface area contributed by atoms with Crippen LogP contribution in [0.3, 0.4) is 0 Å². The summed E-state index contributed by atoms with van der Waals surface area (Å²) in [5.74, 6) is -0.325. The average molecular weight is 459 g/mol. The molecule has 1 aliphatic heterocycles. The Morgan fingerprint density at radius 1 is 1.16 bits per heavy atom. The van der Waals surface area contributed by atoms with Crippen molar-refractivity contribution in [3.63, 3.8) is 0 Å². The van der Waals surface area contributed by atoms with Crippen LogP contribution in [0.1, 0.15) is 36.2 Å². The summed E-state index contributed by atoms with van der Waals surface area (Å²) >= 11 is 6.33. The van der Waals surface area contributed by atoms with Crippen molar-refractivity contribution in [2.45, 2.75) is 39.7 Å². The summed E-state index contributed by atoms with van der Waals surface area (Å²) in [6, 6.07) is 9.68. The molecule has 7 heteroatoms. The molecule has 0 saturated heterocycles. The van der Waals surface area contributed by atoms with Crippen LogP contribution in [0.2, 0.25) is 5.02 Å². The lowest BCUT2D eigenvalue weighted by molar-refractivity contribution is 0.628. The second-order valence-corrected chi connectivity index (χ2v) is 8.13. The molecule has 0 bridgehead atoms. The summed E-state index contributed by atoms with van der Waals surface area (Å²) in [7, 11) is 0. The molecule has 0 aliphatic carbocycles. The molecule has 0 saturated carbocycles. The number of halogens is 3. The quantitative estimate of drug-likeness (QED) is 0.393. The minimum absolute atomic E-state index is 0. The first-order valence-corrected chi connectivity index (χ1v) is 10.9. The Morgan fingerprint density at radius 2 is 1.90 bits per heavy atom. The van der Waals surface area contributed by atoms with Crippen LogP contribution in [0.25, 0.3) is 27.8 Å². The summed E-state index contributed by atoms with van der Waals surface area (Å²) < 4.78 is 17.5. The van der Waals surface area contributed by atoms with Gasteiger partial charge in [-0.1, -0.05) is 43.6 Å². The fourth-order valence-corrected chi connectivity index (χ4v) is 4.86. The van der Waals surface area contributed by atoms with E-state index < -0.39 is 0 Å². The molecule has 4 nitrogen and oxygen atoms in total. The highest BCUT2D eigenvalue weighted by atomic mass is 35.5. The molecular weight excluding hydrogens is 434 g/mol. The zero-order valence-corrected chi connectivity index (χ0v) is 19.1. The van der Waals surface area contributed by atoms with E-state index in [0.29, 0.717) is 17.1 Å². The van der Waals surface area contributed by atoms with E-state index in [1.807, 2.05) is 16.9 Å². The number of benzene rings is 2. The van der Waals surface area contributed by atoms with Gasteiger partial charge in [-0.15, -0.1) is 12.4 Å². The van der Waals surface area contributed by atoms with Crippen LogP contribution in [-0.4, -0.2) is 21.3 Å². The molecule has 0 amide bonds. The Kier molecular flexibility index (Phi) is 6.11. The van der Waals surface area contributed by atoms with Crippen molar-refractivity contribution in [2.75, 3.05) is 6.54 Å². The molecule has 0 atom stereocenters. The number of aromatic nitrogens is 3. The Labute approximate surface area is 192 Å². The Bertz CT molecular complexity index is 1240. The number of aryl methyl sites for hydroxylation is 2. The topological polar surface area (TPSA) is 45.6 Å². The van der Waals surface area contributed by atoms with Crippen molar-refractivity contribution in [1.29, 1.82) is 0 Å². The second kappa shape index (κ2) is 8.65. The maximum absolute atomic E-state index is 15.5. The third-order valence-corrected chi connectivity index (χ3v) is 6.37. The number of hydrogen-bond donors (Lipinski definition) is 2. The molecule has 0 radical (unpaired) electrons. The van der Waals surface area contributed by atoms with E-state index >= 15 is 4.39 Å². The van der Waals surface area contributed by atoms with Crippen LogP contribution in [-0.2, 0) is 25.8 Å². The lowest BCUT2D eigenvalue weighted by Crippen LogP contribution is -2.23. The van der Waals surface area contributed by atoms with E-state index in [1.54, 1.807) is 0 Å². The summed E-state index contributed by atoms with van der Waals surface area (Å²) in [6.45, 7) is 5.85. The first kappa shape index (κ1) is 21.9. The van der Waals surface area contributed by atoms with Crippen molar-refractivity contribution in [3.05, 3.63) is 69.8 Å². The fraction of sp³-hybridized carbons (Fsp3) is 0.292. The van der Waals surface area contributed by atoms with E-state index in [2.05, 4.69) is 42.3 Å². The highest BCUT2D eigenvalue weighted by molar-refractivity contribution is 6.35. The SMILES string of the molecule is CCc1cccc(CC)c1-n1nc2c(c1-c1c(F)cc(Cl)c3[nH]ccc13)CNCC2.Cl. The van der Waals surface area contributed by atoms with Crippen LogP contribution in [0.5, 0.6) is 0 Å². The standard InChI is InChI=1S/C24H24ClFN4.ClH/c1-3-14-6-5-7-15(4-2)23(14)30-24(17-13-27-10-9-20(17)29-30)21-16-8-11-28-22(16)18(25)12-19(21)26;/h5-8,11-12,27-28H,3-4,9-10,13H2,1-2H3;1H. The summed E-state index contributed by atoms with van der Waals surface area (Å²) in [4.78, 5) is 3.16. The van der Waals surface area contributed by atoms with Gasteiger partial charge in [-0.25, -0.2) is 9.07 Å². The third-order valence-electron chi connectivity index (χ3n) is 6.07. The van der Waals surface area contributed by atoms with Gasteiger partial charge in [0.25, 0.3) is 0 Å². The molecule has 31 heavy (non-hydrogen) atoms. The van der Waals surface area contributed by atoms with Crippen molar-refractivity contribution >= 4 is 34.9 Å². The normalized spacial score (nSPS) is 13.3. The summed E-state index contributed by atoms with van der Waals surface area (Å²) in [5, 5.41) is 9.64. The van der Waals surface area contributed by atoms with Crippen molar-refractivity contribution < 1.29 is 4.39 Å². The first-order chi connectivity index (χ1) is 14.6. The van der Waals surface area contributed by atoms with E-state index in [0.717, 1.165) is 59.3 Å². The van der Waals surface area contributed by atoms with Gasteiger partial charge in [-0.05, 0) is 36.1 Å². The van der Waals surface area contributed by atoms with E-state index in [4.69, 9.17) is 16.7 Å². The van der Waals surface area contributed by atoms with Crippen molar-refractivity contribution in [3.8, 4) is 16.9 Å². The maximum atomic E-state index is 15.5. The van der Waals surface area contributed by atoms with Gasteiger partial charge in [0.1, 0.15) is 5.82 Å².